The van der Waals surface area contributed by atoms with Gasteiger partial charge in [0.15, 0.2) is 40.7 Å². The van der Waals surface area contributed by atoms with Gasteiger partial charge in [0, 0.05) is 31.3 Å². The van der Waals surface area contributed by atoms with Crippen LogP contribution < -0.4 is 21.8 Å². The Bertz CT molecular complexity index is 1340. The lowest BCUT2D eigenvalue weighted by Crippen LogP contribution is -2.57. The Morgan fingerprint density at radius 1 is 1.06 bits per heavy atom. The van der Waals surface area contributed by atoms with Crippen LogP contribution >= 0.6 is 0 Å². The van der Waals surface area contributed by atoms with Gasteiger partial charge in [0.2, 0.25) is 5.43 Å². The second-order valence-corrected chi connectivity index (χ2v) is 6.87. The molecule has 31 heavy (non-hydrogen) atoms. The number of anilines is 2. The number of pyridine rings is 2. The molecule has 0 radical (unpaired) electrons. The van der Waals surface area contributed by atoms with E-state index in [9.17, 15) is 36.6 Å². The number of fused-ring (bicyclic) bond motifs is 1. The zero-order chi connectivity index (χ0) is 22.8. The maximum absolute atomic E-state index is 14.8. The number of hydrogen-bond donors (Lipinski definition) is 3. The van der Waals surface area contributed by atoms with Crippen molar-refractivity contribution in [3.05, 3.63) is 57.0 Å². The fraction of sp³-hybridized carbons (Fsp3) is 0.167. The van der Waals surface area contributed by atoms with Gasteiger partial charge in [-0.05, 0) is 0 Å². The number of nitrogen functional groups attached to an aromatic ring is 1. The van der Waals surface area contributed by atoms with Crippen LogP contribution in [0.4, 0.5) is 33.6 Å². The first-order valence-corrected chi connectivity index (χ1v) is 8.64. The molecule has 1 aliphatic heterocycles. The highest BCUT2D eigenvalue weighted by atomic mass is 19.2. The van der Waals surface area contributed by atoms with Crippen molar-refractivity contribution in [3.63, 3.8) is 0 Å². The van der Waals surface area contributed by atoms with E-state index in [-0.39, 0.29) is 19.2 Å². The van der Waals surface area contributed by atoms with E-state index in [1.165, 1.54) is 4.90 Å². The van der Waals surface area contributed by atoms with E-state index in [0.717, 1.165) is 0 Å². The third-order valence-electron chi connectivity index (χ3n) is 4.83. The highest BCUT2D eigenvalue weighted by Gasteiger charge is 2.36. The molecule has 0 atom stereocenters. The number of carboxylic acid groups (broad SMARTS) is 1. The van der Waals surface area contributed by atoms with Gasteiger partial charge in [-0.25, -0.2) is 31.7 Å². The third kappa shape index (κ3) is 2.96. The average Bonchev–Trinajstić information content (AvgIpc) is 2.65. The molecule has 0 spiro atoms. The number of nitrogens with zero attached hydrogens (tertiary/aromatic N) is 3. The largest absolute Gasteiger partial charge is 0.477 e. The molecule has 1 saturated heterocycles. The monoisotopic (exact) mass is 441 g/mol. The Balaban J connectivity index is 2.30. The quantitative estimate of drug-likeness (QED) is 0.415. The van der Waals surface area contributed by atoms with Crippen LogP contribution in [-0.4, -0.2) is 39.8 Å². The maximum atomic E-state index is 14.8. The van der Waals surface area contributed by atoms with E-state index in [0.29, 0.717) is 10.6 Å². The van der Waals surface area contributed by atoms with Gasteiger partial charge in [-0.2, -0.15) is 0 Å². The minimum Gasteiger partial charge on any atom is -0.477 e. The first-order valence-electron chi connectivity index (χ1n) is 8.64. The van der Waals surface area contributed by atoms with Gasteiger partial charge in [-0.1, -0.05) is 0 Å². The Morgan fingerprint density at radius 3 is 2.26 bits per heavy atom. The molecule has 3 aromatic rings. The standard InChI is InChI=1S/C18H12F5N5O3/c19-6-1-7(20)13-10(12(6)23)14(29)11(18(30)31)17(27-3-5(24)4-27)28(13)16-9(22)2-8(21)15(25)26-16/h1-2,5H,3-4,24H2,(H2,25,26)(H,30,31). The molecule has 1 aromatic carbocycles. The van der Waals surface area contributed by atoms with Crippen molar-refractivity contribution >= 4 is 28.5 Å². The smallest absolute Gasteiger partial charge is 0.343 e. The maximum Gasteiger partial charge on any atom is 0.343 e. The molecule has 8 nitrogen and oxygen atoms in total. The fourth-order valence-corrected chi connectivity index (χ4v) is 3.47. The van der Waals surface area contributed by atoms with E-state index in [1.807, 2.05) is 0 Å². The van der Waals surface area contributed by atoms with E-state index >= 15 is 0 Å². The van der Waals surface area contributed by atoms with Crippen molar-refractivity contribution in [2.24, 2.45) is 5.73 Å². The van der Waals surface area contributed by atoms with Crippen molar-refractivity contribution in [3.8, 4) is 5.82 Å². The minimum absolute atomic E-state index is 0.0329. The molecule has 13 heteroatoms. The summed E-state index contributed by atoms with van der Waals surface area (Å²) in [5.74, 6) is -12.1. The summed E-state index contributed by atoms with van der Waals surface area (Å²) in [6.07, 6.45) is 0. The van der Waals surface area contributed by atoms with Gasteiger partial charge in [0.1, 0.15) is 11.4 Å². The van der Waals surface area contributed by atoms with Crippen molar-refractivity contribution in [1.29, 1.82) is 0 Å². The van der Waals surface area contributed by atoms with E-state index in [1.54, 1.807) is 0 Å². The van der Waals surface area contributed by atoms with Gasteiger partial charge < -0.3 is 21.5 Å². The van der Waals surface area contributed by atoms with Gasteiger partial charge >= 0.3 is 5.97 Å². The Morgan fingerprint density at radius 2 is 1.68 bits per heavy atom. The molecule has 0 bridgehead atoms. The van der Waals surface area contributed by atoms with E-state index < -0.39 is 80.4 Å². The van der Waals surface area contributed by atoms with Gasteiger partial charge in [-0.15, -0.1) is 0 Å². The fourth-order valence-electron chi connectivity index (χ4n) is 3.47. The topological polar surface area (TPSA) is 127 Å². The van der Waals surface area contributed by atoms with Crippen molar-refractivity contribution in [2.75, 3.05) is 23.7 Å². The number of carboxylic acids is 1. The zero-order valence-corrected chi connectivity index (χ0v) is 15.3. The van der Waals surface area contributed by atoms with Crippen LogP contribution in [-0.2, 0) is 0 Å². The summed E-state index contributed by atoms with van der Waals surface area (Å²) < 4.78 is 72.0. The lowest BCUT2D eigenvalue weighted by Gasteiger charge is -2.40. The second kappa shape index (κ2) is 6.91. The SMILES string of the molecule is Nc1nc(-n2c(N3CC(N)C3)c(C(=O)O)c(=O)c3c(F)c(F)cc(F)c32)c(F)cc1F. The summed E-state index contributed by atoms with van der Waals surface area (Å²) in [7, 11) is 0. The highest BCUT2D eigenvalue weighted by Crippen LogP contribution is 2.34. The molecule has 0 aliphatic carbocycles. The Kier molecular flexibility index (Phi) is 4.57. The molecule has 0 saturated carbocycles. The number of nitrogens with two attached hydrogens (primary N) is 2. The number of carbonyl (C=O) groups is 1. The summed E-state index contributed by atoms with van der Waals surface area (Å²) >= 11 is 0. The molecule has 3 heterocycles. The summed E-state index contributed by atoms with van der Waals surface area (Å²) in [4.78, 5) is 29.4. The van der Waals surface area contributed by atoms with Crippen LogP contribution in [0.5, 0.6) is 0 Å². The van der Waals surface area contributed by atoms with Crippen LogP contribution in [0, 0.1) is 29.1 Å². The van der Waals surface area contributed by atoms with Crippen molar-refractivity contribution < 1.29 is 31.9 Å². The van der Waals surface area contributed by atoms with Crippen molar-refractivity contribution in [2.45, 2.75) is 6.04 Å². The zero-order valence-electron chi connectivity index (χ0n) is 15.3. The van der Waals surface area contributed by atoms with Crippen LogP contribution in [0.2, 0.25) is 0 Å². The number of benzene rings is 1. The normalized spacial score (nSPS) is 14.2. The predicted molar refractivity (Wildman–Crippen MR) is 98.7 cm³/mol. The van der Waals surface area contributed by atoms with Crippen LogP contribution in [0.15, 0.2) is 16.9 Å². The number of aromatic carboxylic acids is 1. The lowest BCUT2D eigenvalue weighted by atomic mass is 10.0. The number of aromatic nitrogens is 2. The molecular weight excluding hydrogens is 429 g/mol. The van der Waals surface area contributed by atoms with E-state index in [2.05, 4.69) is 4.98 Å². The average molecular weight is 441 g/mol. The van der Waals surface area contributed by atoms with Gasteiger partial charge in [0.05, 0.1) is 10.9 Å². The molecule has 4 rings (SSSR count). The van der Waals surface area contributed by atoms with Crippen LogP contribution in [0.1, 0.15) is 10.4 Å². The highest BCUT2D eigenvalue weighted by molar-refractivity contribution is 6.00. The molecule has 162 valence electrons. The minimum atomic E-state index is -1.88. The van der Waals surface area contributed by atoms with Gasteiger partial charge in [0.25, 0.3) is 0 Å². The summed E-state index contributed by atoms with van der Waals surface area (Å²) in [6.45, 7) is -0.0658. The molecule has 0 unspecified atom stereocenters. The first-order chi connectivity index (χ1) is 14.5. The van der Waals surface area contributed by atoms with Crippen LogP contribution in [0.25, 0.3) is 16.7 Å². The number of rotatable bonds is 3. The third-order valence-corrected chi connectivity index (χ3v) is 4.83. The number of hydrogen-bond acceptors (Lipinski definition) is 6. The van der Waals surface area contributed by atoms with Crippen LogP contribution in [0.3, 0.4) is 0 Å². The van der Waals surface area contributed by atoms with E-state index in [4.69, 9.17) is 11.5 Å². The molecular formula is C18H12F5N5O3. The number of halogens is 5. The predicted octanol–water partition coefficient (Wildman–Crippen LogP) is 1.51. The molecule has 2 aromatic heterocycles. The Labute approximate surface area is 169 Å². The summed E-state index contributed by atoms with van der Waals surface area (Å²) in [5, 5.41) is 8.34. The lowest BCUT2D eigenvalue weighted by molar-refractivity contribution is 0.0695. The molecule has 5 N–H and O–H groups in total. The molecule has 1 aliphatic rings. The summed E-state index contributed by atoms with van der Waals surface area (Å²) in [6, 6.07) is -0.0672. The van der Waals surface area contributed by atoms with Gasteiger partial charge in [-0.3, -0.25) is 9.36 Å². The second-order valence-electron chi connectivity index (χ2n) is 6.87. The molecule has 0 amide bonds. The first kappa shape index (κ1) is 20.5. The summed E-state index contributed by atoms with van der Waals surface area (Å²) in [5.41, 5.74) is 7.44. The Hall–Kier alpha value is -3.74. The van der Waals surface area contributed by atoms with Crippen molar-refractivity contribution in [1.82, 2.24) is 9.55 Å². The molecule has 1 fully saturated rings.